The first-order chi connectivity index (χ1) is 12.1. The molecule has 0 aromatic heterocycles. The van der Waals surface area contributed by atoms with Crippen molar-refractivity contribution in [3.05, 3.63) is 64.2 Å². The number of hydrogen-bond acceptors (Lipinski definition) is 3. The number of nitrogens with zero attached hydrogens (tertiary/aromatic N) is 1. The highest BCUT2D eigenvalue weighted by atomic mass is 35.5. The van der Waals surface area contributed by atoms with Crippen LogP contribution in [-0.2, 0) is 14.8 Å². The summed E-state index contributed by atoms with van der Waals surface area (Å²) in [6, 6.07) is 12.3. The first-order valence-electron chi connectivity index (χ1n) is 8.18. The van der Waals surface area contributed by atoms with Crippen LogP contribution < -0.4 is 9.62 Å². The van der Waals surface area contributed by atoms with Gasteiger partial charge in [-0.05, 0) is 44.0 Å². The lowest BCUT2D eigenvalue weighted by molar-refractivity contribution is -0.120. The van der Waals surface area contributed by atoms with E-state index in [2.05, 4.69) is 5.32 Å². The Morgan fingerprint density at radius 1 is 1.19 bits per heavy atom. The van der Waals surface area contributed by atoms with Crippen LogP contribution in [-0.4, -0.2) is 27.1 Å². The number of carbonyl (C=O) groups excluding carboxylic acids is 1. The topological polar surface area (TPSA) is 66.5 Å². The van der Waals surface area contributed by atoms with E-state index in [0.29, 0.717) is 0 Å². The van der Waals surface area contributed by atoms with E-state index >= 15 is 0 Å². The molecule has 0 aliphatic carbocycles. The van der Waals surface area contributed by atoms with Crippen molar-refractivity contribution in [3.63, 3.8) is 0 Å². The van der Waals surface area contributed by atoms with Gasteiger partial charge in [-0.2, -0.15) is 0 Å². The number of amides is 1. The predicted octanol–water partition coefficient (Wildman–Crippen LogP) is 3.60. The molecular weight excluding hydrogens is 372 g/mol. The van der Waals surface area contributed by atoms with Gasteiger partial charge in [0.1, 0.15) is 6.54 Å². The Bertz CT molecular complexity index is 913. The maximum atomic E-state index is 12.5. The number of para-hydroxylation sites is 1. The number of nitrogens with one attached hydrogen (secondary N) is 1. The zero-order valence-electron chi connectivity index (χ0n) is 15.3. The van der Waals surface area contributed by atoms with Gasteiger partial charge < -0.3 is 5.32 Å². The second-order valence-electron chi connectivity index (χ2n) is 6.37. The summed E-state index contributed by atoms with van der Waals surface area (Å²) in [6.07, 6.45) is 1.05. The Kier molecular flexibility index (Phi) is 6.31. The monoisotopic (exact) mass is 394 g/mol. The Morgan fingerprint density at radius 3 is 2.46 bits per heavy atom. The van der Waals surface area contributed by atoms with Crippen molar-refractivity contribution in [1.29, 1.82) is 0 Å². The third-order valence-corrected chi connectivity index (χ3v) is 5.53. The van der Waals surface area contributed by atoms with E-state index < -0.39 is 15.9 Å². The maximum absolute atomic E-state index is 12.5. The molecule has 7 heteroatoms. The lowest BCUT2D eigenvalue weighted by atomic mass is 10.00. The molecule has 0 unspecified atom stereocenters. The van der Waals surface area contributed by atoms with Crippen LogP contribution in [0, 0.1) is 13.8 Å². The molecule has 2 aromatic rings. The molecule has 1 atom stereocenters. The highest BCUT2D eigenvalue weighted by Gasteiger charge is 2.23. The summed E-state index contributed by atoms with van der Waals surface area (Å²) < 4.78 is 25.3. The first-order valence-corrected chi connectivity index (χ1v) is 10.4. The number of rotatable bonds is 6. The van der Waals surface area contributed by atoms with E-state index in [9.17, 15) is 13.2 Å². The molecular formula is C19H23ClN2O3S. The second kappa shape index (κ2) is 8.10. The highest BCUT2D eigenvalue weighted by molar-refractivity contribution is 7.92. The third-order valence-electron chi connectivity index (χ3n) is 4.09. The lowest BCUT2D eigenvalue weighted by Crippen LogP contribution is -2.41. The minimum atomic E-state index is -3.66. The minimum absolute atomic E-state index is 0.241. The fourth-order valence-electron chi connectivity index (χ4n) is 2.76. The van der Waals surface area contributed by atoms with Crippen LogP contribution in [0.15, 0.2) is 42.5 Å². The average molecular weight is 395 g/mol. The van der Waals surface area contributed by atoms with Crippen molar-refractivity contribution in [2.24, 2.45) is 0 Å². The molecule has 5 nitrogen and oxygen atoms in total. The van der Waals surface area contributed by atoms with Gasteiger partial charge >= 0.3 is 0 Å². The molecule has 2 rings (SSSR count). The van der Waals surface area contributed by atoms with Gasteiger partial charge in [-0.1, -0.05) is 47.5 Å². The minimum Gasteiger partial charge on any atom is -0.348 e. The number of halogens is 1. The summed E-state index contributed by atoms with van der Waals surface area (Å²) in [5, 5.41) is 3.14. The molecule has 0 saturated carbocycles. The van der Waals surface area contributed by atoms with Gasteiger partial charge in [0.2, 0.25) is 15.9 Å². The van der Waals surface area contributed by atoms with Crippen molar-refractivity contribution < 1.29 is 13.2 Å². The van der Waals surface area contributed by atoms with Gasteiger partial charge in [0.15, 0.2) is 0 Å². The van der Waals surface area contributed by atoms with E-state index in [1.165, 1.54) is 0 Å². The number of aryl methyl sites for hydroxylation is 2. The summed E-state index contributed by atoms with van der Waals surface area (Å²) in [7, 11) is -3.66. The Labute approximate surface area is 160 Å². The predicted molar refractivity (Wildman–Crippen MR) is 106 cm³/mol. The van der Waals surface area contributed by atoms with Crippen LogP contribution in [0.25, 0.3) is 0 Å². The Morgan fingerprint density at radius 2 is 1.85 bits per heavy atom. The van der Waals surface area contributed by atoms with Crippen LogP contribution in [0.5, 0.6) is 0 Å². The zero-order chi connectivity index (χ0) is 19.5. The molecule has 140 valence electrons. The van der Waals surface area contributed by atoms with Gasteiger partial charge in [0, 0.05) is 0 Å². The summed E-state index contributed by atoms with van der Waals surface area (Å²) in [5.74, 6) is -0.399. The Hall–Kier alpha value is -2.05. The number of anilines is 1. The number of carbonyl (C=O) groups is 1. The molecule has 0 aliphatic rings. The molecule has 0 saturated heterocycles. The maximum Gasteiger partial charge on any atom is 0.241 e. The van der Waals surface area contributed by atoms with Crippen LogP contribution >= 0.6 is 11.6 Å². The van der Waals surface area contributed by atoms with Gasteiger partial charge in [-0.15, -0.1) is 0 Å². The number of sulfonamides is 1. The molecule has 1 N–H and O–H groups in total. The molecule has 0 bridgehead atoms. The molecule has 2 aromatic carbocycles. The van der Waals surface area contributed by atoms with E-state index in [1.54, 1.807) is 24.3 Å². The fourth-order valence-corrected chi connectivity index (χ4v) is 3.91. The molecule has 26 heavy (non-hydrogen) atoms. The summed E-state index contributed by atoms with van der Waals surface area (Å²) in [4.78, 5) is 12.5. The van der Waals surface area contributed by atoms with Gasteiger partial charge in [0.25, 0.3) is 0 Å². The van der Waals surface area contributed by atoms with Crippen molar-refractivity contribution in [2.45, 2.75) is 26.8 Å². The summed E-state index contributed by atoms with van der Waals surface area (Å²) >= 11 is 6.11. The zero-order valence-corrected chi connectivity index (χ0v) is 16.9. The van der Waals surface area contributed by atoms with Crippen LogP contribution in [0.3, 0.4) is 0 Å². The molecule has 0 fully saturated rings. The van der Waals surface area contributed by atoms with Crippen molar-refractivity contribution in [2.75, 3.05) is 17.1 Å². The van der Waals surface area contributed by atoms with Gasteiger partial charge in [-0.3, -0.25) is 9.10 Å². The average Bonchev–Trinajstić information content (AvgIpc) is 2.54. The molecule has 0 radical (unpaired) electrons. The van der Waals surface area contributed by atoms with Crippen molar-refractivity contribution in [3.8, 4) is 0 Å². The summed E-state index contributed by atoms with van der Waals surface area (Å²) in [6.45, 7) is 5.50. The number of hydrogen-bond donors (Lipinski definition) is 1. The van der Waals surface area contributed by atoms with Gasteiger partial charge in [-0.25, -0.2) is 8.42 Å². The third kappa shape index (κ3) is 4.99. The SMILES string of the molecule is Cc1ccc(C)c([C@H](C)NC(=O)CN(c2ccccc2Cl)S(C)(=O)=O)c1. The smallest absolute Gasteiger partial charge is 0.241 e. The molecule has 0 heterocycles. The standard InChI is InChI=1S/C19H23ClN2O3S/c1-13-9-10-14(2)16(11-13)15(3)21-19(23)12-22(26(4,24)25)18-8-6-5-7-17(18)20/h5-11,15H,12H2,1-4H3,(H,21,23)/t15-/m0/s1. The molecule has 0 aliphatic heterocycles. The second-order valence-corrected chi connectivity index (χ2v) is 8.68. The number of benzene rings is 2. The van der Waals surface area contributed by atoms with Crippen molar-refractivity contribution >= 4 is 33.2 Å². The van der Waals surface area contributed by atoms with Crippen LogP contribution in [0.2, 0.25) is 5.02 Å². The fraction of sp³-hybridized carbons (Fsp3) is 0.316. The van der Waals surface area contributed by atoms with E-state index in [-0.39, 0.29) is 23.3 Å². The first kappa shape index (κ1) is 20.3. The van der Waals surface area contributed by atoms with Crippen molar-refractivity contribution in [1.82, 2.24) is 5.32 Å². The molecule has 1 amide bonds. The van der Waals surface area contributed by atoms with Gasteiger partial charge in [0.05, 0.1) is 23.0 Å². The normalized spacial score (nSPS) is 12.5. The lowest BCUT2D eigenvalue weighted by Gasteiger charge is -2.24. The quantitative estimate of drug-likeness (QED) is 0.813. The summed E-state index contributed by atoms with van der Waals surface area (Å²) in [5.41, 5.74) is 3.45. The van der Waals surface area contributed by atoms with E-state index in [4.69, 9.17) is 11.6 Å². The van der Waals surface area contributed by atoms with Crippen LogP contribution in [0.4, 0.5) is 5.69 Å². The van der Waals surface area contributed by atoms with E-state index in [0.717, 1.165) is 27.3 Å². The molecule has 0 spiro atoms. The van der Waals surface area contributed by atoms with Crippen LogP contribution in [0.1, 0.15) is 29.7 Å². The highest BCUT2D eigenvalue weighted by Crippen LogP contribution is 2.27. The Balaban J connectivity index is 2.20. The largest absolute Gasteiger partial charge is 0.348 e. The van der Waals surface area contributed by atoms with E-state index in [1.807, 2.05) is 39.0 Å².